The van der Waals surface area contributed by atoms with E-state index in [1.54, 1.807) is 48.0 Å². The number of aromatic nitrogens is 1. The van der Waals surface area contributed by atoms with Gasteiger partial charge in [0.05, 0.1) is 12.1 Å². The molecule has 1 aliphatic heterocycles. The van der Waals surface area contributed by atoms with Gasteiger partial charge in [-0.3, -0.25) is 9.78 Å². The zero-order valence-electron chi connectivity index (χ0n) is 19.7. The first kappa shape index (κ1) is 23.4. The molecule has 7 nitrogen and oxygen atoms in total. The van der Waals surface area contributed by atoms with E-state index < -0.39 is 11.4 Å². The summed E-state index contributed by atoms with van der Waals surface area (Å²) >= 11 is 0. The number of fused-ring (bicyclic) bond motifs is 1. The summed E-state index contributed by atoms with van der Waals surface area (Å²) in [5, 5.41) is 18.3. The molecule has 8 heteroatoms. The Morgan fingerprint density at radius 3 is 2.65 bits per heavy atom. The molecule has 0 radical (unpaired) electrons. The molecule has 0 atom stereocenters. The van der Waals surface area contributed by atoms with Crippen molar-refractivity contribution < 1.29 is 14.3 Å². The molecule has 0 saturated carbocycles. The van der Waals surface area contributed by atoms with Crippen molar-refractivity contribution in [2.24, 2.45) is 0 Å². The number of halogens is 1. The molecule has 1 aliphatic rings. The van der Waals surface area contributed by atoms with Crippen molar-refractivity contribution in [3.05, 3.63) is 76.4 Å². The number of nitrogen functional groups attached to an aromatic ring is 1. The zero-order valence-corrected chi connectivity index (χ0v) is 19.7. The van der Waals surface area contributed by atoms with Crippen LogP contribution in [0.15, 0.2) is 42.6 Å². The van der Waals surface area contributed by atoms with Crippen molar-refractivity contribution in [1.82, 2.24) is 9.88 Å². The van der Waals surface area contributed by atoms with Gasteiger partial charge >= 0.3 is 0 Å². The van der Waals surface area contributed by atoms with Crippen LogP contribution in [-0.2, 0) is 18.7 Å². The summed E-state index contributed by atoms with van der Waals surface area (Å²) in [5.41, 5.74) is 9.68. The van der Waals surface area contributed by atoms with Crippen molar-refractivity contribution in [3.63, 3.8) is 0 Å². The molecule has 1 amide bonds. The quantitative estimate of drug-likeness (QED) is 0.381. The molecule has 2 aromatic carbocycles. The molecule has 34 heavy (non-hydrogen) atoms. The van der Waals surface area contributed by atoms with Gasteiger partial charge in [0.2, 0.25) is 0 Å². The van der Waals surface area contributed by atoms with Crippen LogP contribution >= 0.6 is 0 Å². The lowest BCUT2D eigenvalue weighted by molar-refractivity contribution is 0.0760. The van der Waals surface area contributed by atoms with Crippen molar-refractivity contribution in [2.45, 2.75) is 32.5 Å². The number of aliphatic hydroxyl groups is 1. The number of nitrogens with two attached hydrogens (primary N) is 1. The van der Waals surface area contributed by atoms with Crippen LogP contribution < -0.4 is 10.6 Å². The van der Waals surface area contributed by atoms with E-state index in [1.165, 1.54) is 6.07 Å². The Morgan fingerprint density at radius 1 is 1.29 bits per heavy atom. The predicted octanol–water partition coefficient (Wildman–Crippen LogP) is 3.92. The minimum absolute atomic E-state index is 0.103. The first-order valence-electron chi connectivity index (χ1n) is 10.9. The van der Waals surface area contributed by atoms with Crippen LogP contribution in [0.25, 0.3) is 11.1 Å². The highest BCUT2D eigenvalue weighted by Gasteiger charge is 2.30. The number of hydrogen-bond donors (Lipinski definition) is 3. The van der Waals surface area contributed by atoms with Crippen molar-refractivity contribution in [2.75, 3.05) is 24.7 Å². The maximum Gasteiger partial charge on any atom is 0.273 e. The fourth-order valence-electron chi connectivity index (χ4n) is 4.41. The molecule has 0 aliphatic carbocycles. The van der Waals surface area contributed by atoms with Gasteiger partial charge in [-0.2, -0.15) is 0 Å². The number of hydrogen-bond acceptors (Lipinski definition) is 6. The molecule has 4 N–H and O–H groups in total. The minimum Gasteiger partial charge on any atom is -0.398 e. The van der Waals surface area contributed by atoms with E-state index in [4.69, 9.17) is 11.1 Å². The molecule has 0 unspecified atom stereocenters. The van der Waals surface area contributed by atoms with E-state index >= 15 is 4.39 Å². The Kier molecular flexibility index (Phi) is 5.87. The number of carbonyl (C=O) groups is 1. The second-order valence-electron chi connectivity index (χ2n) is 9.21. The average Bonchev–Trinajstić information content (AvgIpc) is 3.09. The SMILES string of the molecule is CN(C)c1cc(-c2ccc(C(C)(C)O)c(N)c2C=N)cc(F)c1CN1Cc2cccnc2C1=O. The summed E-state index contributed by atoms with van der Waals surface area (Å²) < 4.78 is 15.6. The third-order valence-corrected chi connectivity index (χ3v) is 6.15. The van der Waals surface area contributed by atoms with Crippen LogP contribution in [0.5, 0.6) is 0 Å². The van der Waals surface area contributed by atoms with Crippen molar-refractivity contribution in [1.29, 1.82) is 5.41 Å². The Balaban J connectivity index is 1.77. The summed E-state index contributed by atoms with van der Waals surface area (Å²) in [6.07, 6.45) is 2.70. The number of benzene rings is 2. The van der Waals surface area contributed by atoms with E-state index in [0.717, 1.165) is 11.8 Å². The summed E-state index contributed by atoms with van der Waals surface area (Å²) in [7, 11) is 3.63. The van der Waals surface area contributed by atoms with Gasteiger partial charge in [-0.15, -0.1) is 0 Å². The van der Waals surface area contributed by atoms with Gasteiger partial charge in [-0.1, -0.05) is 18.2 Å². The standard InChI is InChI=1S/C26H28FN5O2/c1-26(2,34)20-8-7-17(18(12-28)23(20)29)16-10-21(27)19(22(11-16)31(3)4)14-32-13-15-6-5-9-30-24(15)25(32)33/h5-12,28,34H,13-14,29H2,1-4H3. The molecular formula is C26H28FN5O2. The third-order valence-electron chi connectivity index (χ3n) is 6.15. The predicted molar refractivity (Wildman–Crippen MR) is 132 cm³/mol. The normalized spacial score (nSPS) is 13.2. The molecule has 3 aromatic rings. The molecule has 0 saturated heterocycles. The van der Waals surface area contributed by atoms with Gasteiger partial charge < -0.3 is 26.0 Å². The van der Waals surface area contributed by atoms with E-state index in [9.17, 15) is 9.90 Å². The van der Waals surface area contributed by atoms with Gasteiger partial charge in [-0.05, 0) is 43.2 Å². The monoisotopic (exact) mass is 461 g/mol. The van der Waals surface area contributed by atoms with Crippen LogP contribution in [-0.4, -0.2) is 41.2 Å². The maximum absolute atomic E-state index is 15.6. The number of rotatable bonds is 6. The fourth-order valence-corrected chi connectivity index (χ4v) is 4.41. The highest BCUT2D eigenvalue weighted by atomic mass is 19.1. The van der Waals surface area contributed by atoms with Crippen LogP contribution in [0, 0.1) is 11.2 Å². The van der Waals surface area contributed by atoms with Crippen LogP contribution in [0.2, 0.25) is 0 Å². The number of nitrogens with zero attached hydrogens (tertiary/aromatic N) is 3. The van der Waals surface area contributed by atoms with Crippen molar-refractivity contribution >= 4 is 23.5 Å². The number of carbonyl (C=O) groups excluding carboxylic acids is 1. The van der Waals surface area contributed by atoms with Crippen LogP contribution in [0.1, 0.15) is 46.6 Å². The van der Waals surface area contributed by atoms with E-state index in [1.807, 2.05) is 26.2 Å². The van der Waals surface area contributed by atoms with E-state index in [-0.39, 0.29) is 18.1 Å². The van der Waals surface area contributed by atoms with Gasteiger partial charge in [0.25, 0.3) is 5.91 Å². The number of nitrogens with one attached hydrogen (secondary N) is 1. The summed E-state index contributed by atoms with van der Waals surface area (Å²) in [6.45, 7) is 3.73. The number of anilines is 2. The molecule has 176 valence electrons. The Hall–Kier alpha value is -3.78. The first-order chi connectivity index (χ1) is 16.0. The molecule has 2 heterocycles. The lowest BCUT2D eigenvalue weighted by Crippen LogP contribution is -2.26. The third kappa shape index (κ3) is 4.01. The largest absolute Gasteiger partial charge is 0.398 e. The van der Waals surface area contributed by atoms with Crippen molar-refractivity contribution in [3.8, 4) is 11.1 Å². The lowest BCUT2D eigenvalue weighted by atomic mass is 9.89. The summed E-state index contributed by atoms with van der Waals surface area (Å²) in [6, 6.07) is 10.3. The summed E-state index contributed by atoms with van der Waals surface area (Å²) in [4.78, 5) is 20.3. The van der Waals surface area contributed by atoms with Crippen LogP contribution in [0.3, 0.4) is 0 Å². The van der Waals surface area contributed by atoms with Gasteiger partial charge in [-0.25, -0.2) is 4.39 Å². The topological polar surface area (TPSA) is 107 Å². The molecular weight excluding hydrogens is 433 g/mol. The zero-order chi connectivity index (χ0) is 24.8. The first-order valence-corrected chi connectivity index (χ1v) is 10.9. The average molecular weight is 462 g/mol. The highest BCUT2D eigenvalue weighted by molar-refractivity contribution is 5.97. The Bertz CT molecular complexity index is 1300. The molecule has 0 bridgehead atoms. The van der Waals surface area contributed by atoms with E-state index in [0.29, 0.717) is 45.7 Å². The molecule has 0 spiro atoms. The fraction of sp³-hybridized carbons (Fsp3) is 0.269. The highest BCUT2D eigenvalue weighted by Crippen LogP contribution is 2.37. The Labute approximate surface area is 198 Å². The smallest absolute Gasteiger partial charge is 0.273 e. The van der Waals surface area contributed by atoms with Crippen LogP contribution in [0.4, 0.5) is 15.8 Å². The maximum atomic E-state index is 15.6. The van der Waals surface area contributed by atoms with E-state index in [2.05, 4.69) is 4.98 Å². The Morgan fingerprint density at radius 2 is 2.03 bits per heavy atom. The molecule has 0 fully saturated rings. The molecule has 1 aromatic heterocycles. The second kappa shape index (κ2) is 8.53. The summed E-state index contributed by atoms with van der Waals surface area (Å²) in [5.74, 6) is -0.677. The van der Waals surface area contributed by atoms with Gasteiger partial charge in [0.1, 0.15) is 11.5 Å². The number of amides is 1. The van der Waals surface area contributed by atoms with Gasteiger partial charge in [0, 0.05) is 66.7 Å². The molecule has 4 rings (SSSR count). The van der Waals surface area contributed by atoms with Gasteiger partial charge in [0.15, 0.2) is 0 Å². The lowest BCUT2D eigenvalue weighted by Gasteiger charge is -2.25. The minimum atomic E-state index is -1.18. The second-order valence-corrected chi connectivity index (χ2v) is 9.21. The number of pyridine rings is 1.